The Bertz CT molecular complexity index is 842. The van der Waals surface area contributed by atoms with Gasteiger partial charge in [0.05, 0.1) is 0 Å². The monoisotopic (exact) mass is 408 g/mol. The van der Waals surface area contributed by atoms with Crippen molar-refractivity contribution in [2.45, 2.75) is 50.6 Å². The SMILES string of the molecule is O=C(O)[C@H](c1ccccc1)N1CC[C@@H](NCCCCc2ccc3c(n2)NCCC3)C1. The van der Waals surface area contributed by atoms with Gasteiger partial charge in [0.15, 0.2) is 0 Å². The maximum Gasteiger partial charge on any atom is 0.325 e. The minimum atomic E-state index is -0.770. The molecule has 3 N–H and O–H groups in total. The van der Waals surface area contributed by atoms with Gasteiger partial charge in [-0.15, -0.1) is 0 Å². The molecule has 1 fully saturated rings. The number of aryl methyl sites for hydroxylation is 2. The van der Waals surface area contributed by atoms with Crippen molar-refractivity contribution in [3.63, 3.8) is 0 Å². The predicted molar refractivity (Wildman–Crippen MR) is 119 cm³/mol. The van der Waals surface area contributed by atoms with Crippen LogP contribution < -0.4 is 10.6 Å². The number of rotatable bonds is 9. The first-order valence-electron chi connectivity index (χ1n) is 11.2. The lowest BCUT2D eigenvalue weighted by Gasteiger charge is -2.24. The summed E-state index contributed by atoms with van der Waals surface area (Å²) in [7, 11) is 0. The second kappa shape index (κ2) is 10.0. The zero-order valence-electron chi connectivity index (χ0n) is 17.5. The number of likely N-dealkylation sites (tertiary alicyclic amines) is 1. The van der Waals surface area contributed by atoms with E-state index in [1.54, 1.807) is 0 Å². The number of nitrogens with one attached hydrogen (secondary N) is 2. The van der Waals surface area contributed by atoms with Crippen molar-refractivity contribution >= 4 is 11.8 Å². The molecule has 0 aliphatic carbocycles. The van der Waals surface area contributed by atoms with Gasteiger partial charge in [0.2, 0.25) is 0 Å². The molecule has 6 nitrogen and oxygen atoms in total. The second-order valence-corrected chi connectivity index (χ2v) is 8.38. The first kappa shape index (κ1) is 20.8. The number of pyridine rings is 1. The molecule has 0 spiro atoms. The Morgan fingerprint density at radius 3 is 2.93 bits per heavy atom. The van der Waals surface area contributed by atoms with Crippen molar-refractivity contribution in [1.29, 1.82) is 0 Å². The van der Waals surface area contributed by atoms with Gasteiger partial charge in [-0.25, -0.2) is 4.98 Å². The van der Waals surface area contributed by atoms with E-state index >= 15 is 0 Å². The minimum absolute atomic E-state index is 0.363. The molecule has 2 aliphatic rings. The molecule has 3 heterocycles. The van der Waals surface area contributed by atoms with Gasteiger partial charge in [0, 0.05) is 31.4 Å². The van der Waals surface area contributed by atoms with Crippen molar-refractivity contribution in [3.05, 3.63) is 59.3 Å². The molecule has 2 atom stereocenters. The van der Waals surface area contributed by atoms with E-state index in [4.69, 9.17) is 4.98 Å². The highest BCUT2D eigenvalue weighted by Gasteiger charge is 2.33. The summed E-state index contributed by atoms with van der Waals surface area (Å²) in [6, 6.07) is 13.8. The maximum atomic E-state index is 11.8. The standard InChI is InChI=1S/C24H32N4O2/c29-24(30)22(18-7-2-1-3-8-18)28-16-13-21(17-28)25-14-5-4-10-20-12-11-19-9-6-15-26-23(19)27-20/h1-3,7-8,11-12,21-22,25H,4-6,9-10,13-17H2,(H,26,27)(H,29,30)/t21-,22+/m1/s1. The summed E-state index contributed by atoms with van der Waals surface area (Å²) in [5, 5.41) is 16.8. The number of anilines is 1. The summed E-state index contributed by atoms with van der Waals surface area (Å²) in [6.45, 7) is 3.59. The van der Waals surface area contributed by atoms with Crippen LogP contribution in [0.25, 0.3) is 0 Å². The summed E-state index contributed by atoms with van der Waals surface area (Å²) in [4.78, 5) is 18.7. The van der Waals surface area contributed by atoms with E-state index in [1.807, 2.05) is 30.3 Å². The molecular formula is C24H32N4O2. The zero-order chi connectivity index (χ0) is 20.8. The average Bonchev–Trinajstić information content (AvgIpc) is 3.22. The van der Waals surface area contributed by atoms with Gasteiger partial charge in [-0.1, -0.05) is 36.4 Å². The van der Waals surface area contributed by atoms with E-state index in [0.717, 1.165) is 69.7 Å². The number of aromatic nitrogens is 1. The highest BCUT2D eigenvalue weighted by molar-refractivity contribution is 5.75. The average molecular weight is 409 g/mol. The molecule has 0 bridgehead atoms. The van der Waals surface area contributed by atoms with Gasteiger partial charge in [0.25, 0.3) is 0 Å². The van der Waals surface area contributed by atoms with E-state index in [-0.39, 0.29) is 0 Å². The number of hydrogen-bond donors (Lipinski definition) is 3. The van der Waals surface area contributed by atoms with Crippen molar-refractivity contribution in [3.8, 4) is 0 Å². The molecule has 6 heteroatoms. The number of nitrogens with zero attached hydrogens (tertiary/aromatic N) is 2. The van der Waals surface area contributed by atoms with E-state index in [2.05, 4.69) is 27.7 Å². The molecule has 0 amide bonds. The van der Waals surface area contributed by atoms with Crippen molar-refractivity contribution in [2.75, 3.05) is 31.5 Å². The van der Waals surface area contributed by atoms with E-state index in [1.165, 1.54) is 17.7 Å². The Morgan fingerprint density at radius 2 is 2.10 bits per heavy atom. The third kappa shape index (κ3) is 5.18. The molecule has 0 radical (unpaired) electrons. The zero-order valence-corrected chi connectivity index (χ0v) is 17.5. The van der Waals surface area contributed by atoms with Gasteiger partial charge in [-0.3, -0.25) is 9.69 Å². The van der Waals surface area contributed by atoms with Crippen LogP contribution in [0.15, 0.2) is 42.5 Å². The lowest BCUT2D eigenvalue weighted by Crippen LogP contribution is -2.37. The minimum Gasteiger partial charge on any atom is -0.480 e. The number of carboxylic acid groups (broad SMARTS) is 1. The largest absolute Gasteiger partial charge is 0.480 e. The first-order chi connectivity index (χ1) is 14.7. The van der Waals surface area contributed by atoms with Gasteiger partial charge >= 0.3 is 5.97 Å². The normalized spacial score (nSPS) is 19.8. The molecule has 30 heavy (non-hydrogen) atoms. The Balaban J connectivity index is 1.19. The summed E-state index contributed by atoms with van der Waals surface area (Å²) in [5.41, 5.74) is 3.37. The van der Waals surface area contributed by atoms with E-state index in [0.29, 0.717) is 6.04 Å². The smallest absolute Gasteiger partial charge is 0.325 e. The number of hydrogen-bond acceptors (Lipinski definition) is 5. The van der Waals surface area contributed by atoms with E-state index < -0.39 is 12.0 Å². The molecule has 1 aromatic carbocycles. The molecule has 2 aromatic rings. The lowest BCUT2D eigenvalue weighted by molar-refractivity contribution is -0.143. The van der Waals surface area contributed by atoms with Crippen molar-refractivity contribution < 1.29 is 9.90 Å². The molecular weight excluding hydrogens is 376 g/mol. The predicted octanol–water partition coefficient (Wildman–Crippen LogP) is 3.25. The Hall–Kier alpha value is -2.44. The Kier molecular flexibility index (Phi) is 6.97. The highest BCUT2D eigenvalue weighted by Crippen LogP contribution is 2.25. The summed E-state index contributed by atoms with van der Waals surface area (Å²) < 4.78 is 0. The quantitative estimate of drug-likeness (QED) is 0.553. The van der Waals surface area contributed by atoms with Gasteiger partial charge in [-0.2, -0.15) is 0 Å². The van der Waals surface area contributed by atoms with Crippen LogP contribution in [0.5, 0.6) is 0 Å². The van der Waals surface area contributed by atoms with Crippen molar-refractivity contribution in [1.82, 2.24) is 15.2 Å². The molecule has 4 rings (SSSR count). The van der Waals surface area contributed by atoms with Gasteiger partial charge < -0.3 is 15.7 Å². The molecule has 0 unspecified atom stereocenters. The van der Waals surface area contributed by atoms with Crippen molar-refractivity contribution in [2.24, 2.45) is 0 Å². The number of benzene rings is 1. The number of unbranched alkanes of at least 4 members (excludes halogenated alkanes) is 1. The summed E-state index contributed by atoms with van der Waals surface area (Å²) >= 11 is 0. The topological polar surface area (TPSA) is 77.5 Å². The number of fused-ring (bicyclic) bond motifs is 1. The van der Waals surface area contributed by atoms with Crippen LogP contribution in [0.4, 0.5) is 5.82 Å². The molecule has 1 saturated heterocycles. The molecule has 0 saturated carbocycles. The fraction of sp³-hybridized carbons (Fsp3) is 0.500. The van der Waals surface area contributed by atoms with Crippen LogP contribution in [-0.4, -0.2) is 53.2 Å². The third-order valence-corrected chi connectivity index (χ3v) is 6.18. The second-order valence-electron chi connectivity index (χ2n) is 8.38. The van der Waals surface area contributed by atoms with Gasteiger partial charge in [0.1, 0.15) is 11.9 Å². The summed E-state index contributed by atoms with van der Waals surface area (Å²) in [6.07, 6.45) is 6.53. The Morgan fingerprint density at radius 1 is 1.23 bits per heavy atom. The first-order valence-corrected chi connectivity index (χ1v) is 11.2. The molecule has 2 aliphatic heterocycles. The molecule has 1 aromatic heterocycles. The molecule has 160 valence electrons. The van der Waals surface area contributed by atoms with E-state index in [9.17, 15) is 9.90 Å². The maximum absolute atomic E-state index is 11.8. The fourth-order valence-corrected chi connectivity index (χ4v) is 4.58. The van der Waals surface area contributed by atoms with Crippen LogP contribution in [0, 0.1) is 0 Å². The van der Waals surface area contributed by atoms with Crippen LogP contribution in [0.2, 0.25) is 0 Å². The van der Waals surface area contributed by atoms with Crippen LogP contribution in [0.3, 0.4) is 0 Å². The van der Waals surface area contributed by atoms with Crippen LogP contribution in [0.1, 0.15) is 48.5 Å². The third-order valence-electron chi connectivity index (χ3n) is 6.18. The number of carbonyl (C=O) groups is 1. The number of aliphatic carboxylic acids is 1. The highest BCUT2D eigenvalue weighted by atomic mass is 16.4. The lowest BCUT2D eigenvalue weighted by atomic mass is 10.1. The Labute approximate surface area is 178 Å². The number of carboxylic acids is 1. The van der Waals surface area contributed by atoms with Gasteiger partial charge in [-0.05, 0) is 62.3 Å². The van der Waals surface area contributed by atoms with Crippen LogP contribution in [-0.2, 0) is 17.6 Å². The van der Waals surface area contributed by atoms with Crippen LogP contribution >= 0.6 is 0 Å². The fourth-order valence-electron chi connectivity index (χ4n) is 4.58. The summed E-state index contributed by atoms with van der Waals surface area (Å²) in [5.74, 6) is 0.309.